The minimum atomic E-state index is -4.93. The zero-order chi connectivity index (χ0) is 70.9. The van der Waals surface area contributed by atoms with Gasteiger partial charge >= 0.3 is 33.6 Å². The highest BCUT2D eigenvalue weighted by Gasteiger charge is 2.29. The highest BCUT2D eigenvalue weighted by atomic mass is 31.2. The van der Waals surface area contributed by atoms with E-state index in [0.29, 0.717) is 19.3 Å². The smallest absolute Gasteiger partial charge is 0.463 e. The van der Waals surface area contributed by atoms with E-state index < -0.39 is 91.5 Å². The van der Waals surface area contributed by atoms with Crippen LogP contribution < -0.4 is 0 Å². The number of carbonyl (C=O) groups is 3. The second kappa shape index (κ2) is 71.5. The minimum Gasteiger partial charge on any atom is -0.463 e. The largest absolute Gasteiger partial charge is 0.472 e. The van der Waals surface area contributed by atoms with E-state index in [1.54, 1.807) is 0 Å². The van der Waals surface area contributed by atoms with Gasteiger partial charge in [0.15, 0.2) is 6.10 Å². The molecule has 4 N–H and O–H groups in total. The fourth-order valence-corrected chi connectivity index (χ4v) is 11.2. The van der Waals surface area contributed by atoms with E-state index in [4.69, 9.17) is 32.3 Å². The van der Waals surface area contributed by atoms with Crippen molar-refractivity contribution in [3.05, 3.63) is 134 Å². The number of allylic oxidation sites excluding steroid dienone is 22. The summed E-state index contributed by atoms with van der Waals surface area (Å²) in [5, 5.41) is 20.6. The van der Waals surface area contributed by atoms with Crippen molar-refractivity contribution in [3.63, 3.8) is 0 Å². The molecule has 0 rings (SSSR count). The molecular formula is C79H134O16P2. The number of phosphoric acid groups is 2. The van der Waals surface area contributed by atoms with Crippen LogP contribution in [0.25, 0.3) is 0 Å². The minimum absolute atomic E-state index is 0.0888. The summed E-state index contributed by atoms with van der Waals surface area (Å²) in [5.41, 5.74) is 0. The number of unbranched alkanes of at least 4 members (excludes halogenated alkanes) is 25. The van der Waals surface area contributed by atoms with Gasteiger partial charge in [-0.1, -0.05) is 276 Å². The number of aliphatic hydroxyl groups is 2. The standard InChI is InChI=1S/C79H134O16P2/c1-4-7-10-13-16-19-22-24-26-28-30-32-34-35-36-37-39-41-42-44-46-48-51-53-56-59-62-65-77(82)89-68-74(80)69-91-96(85,86)92-70-75(81)71-93-97(87,88)94-73-76(95-79(84)67-64-61-58-55-50-21-18-15-12-9-6-3)72-90-78(83)66-63-60-57-54-52-49-47-45-43-40-38-33-31-29-27-25-23-20-17-14-11-8-5-2/h7-8,10-11,15-20,24-27,30-33,35-36,40,43,74-76,80-81H,4-6,9,12-14,21-23,28-29,34,37-39,41-42,44-73H2,1-3H3,(H,85,86)(H,87,88)/b10-7-,11-8-,18-15-,19-16-,20-17-,26-24-,27-25-,32-30-,33-31-,36-35-,43-40-. The molecule has 556 valence electrons. The quantitative estimate of drug-likeness (QED) is 0.0146. The molecule has 5 atom stereocenters. The molecule has 0 aromatic heterocycles. The molecule has 0 saturated carbocycles. The molecular weight excluding hydrogens is 1270 g/mol. The summed E-state index contributed by atoms with van der Waals surface area (Å²) in [7, 11) is -9.79. The average Bonchev–Trinajstić information content (AvgIpc) is 1.56. The molecule has 0 bridgehead atoms. The van der Waals surface area contributed by atoms with Crippen molar-refractivity contribution in [3.8, 4) is 0 Å². The van der Waals surface area contributed by atoms with Crippen molar-refractivity contribution in [1.29, 1.82) is 0 Å². The second-order valence-corrected chi connectivity index (χ2v) is 27.6. The van der Waals surface area contributed by atoms with Crippen molar-refractivity contribution in [2.24, 2.45) is 0 Å². The van der Waals surface area contributed by atoms with E-state index in [2.05, 4.69) is 154 Å². The third-order valence-electron chi connectivity index (χ3n) is 15.3. The maximum atomic E-state index is 12.9. The molecule has 0 aromatic rings. The van der Waals surface area contributed by atoms with Crippen LogP contribution in [0.4, 0.5) is 0 Å². The first-order valence-electron chi connectivity index (χ1n) is 37.5. The predicted octanol–water partition coefficient (Wildman–Crippen LogP) is 21.5. The molecule has 0 aliphatic heterocycles. The Morgan fingerprint density at radius 1 is 0.299 bits per heavy atom. The fourth-order valence-electron chi connectivity index (χ4n) is 9.66. The highest BCUT2D eigenvalue weighted by Crippen LogP contribution is 2.45. The number of carbonyl (C=O) groups excluding carboxylic acids is 3. The maximum absolute atomic E-state index is 12.9. The van der Waals surface area contributed by atoms with E-state index >= 15 is 0 Å². The summed E-state index contributed by atoms with van der Waals surface area (Å²) >= 11 is 0. The monoisotopic (exact) mass is 1400 g/mol. The molecule has 0 aliphatic rings. The molecule has 0 aliphatic carbocycles. The van der Waals surface area contributed by atoms with Crippen LogP contribution in [0.5, 0.6) is 0 Å². The Balaban J connectivity index is 4.50. The van der Waals surface area contributed by atoms with Gasteiger partial charge in [-0.15, -0.1) is 0 Å². The van der Waals surface area contributed by atoms with Crippen LogP contribution in [0, 0.1) is 0 Å². The third-order valence-corrected chi connectivity index (χ3v) is 17.2. The normalized spacial score (nSPS) is 14.8. The van der Waals surface area contributed by atoms with Crippen molar-refractivity contribution >= 4 is 33.6 Å². The Hall–Kier alpha value is -4.31. The van der Waals surface area contributed by atoms with Gasteiger partial charge in [-0.3, -0.25) is 32.5 Å². The molecule has 0 spiro atoms. The van der Waals surface area contributed by atoms with Gasteiger partial charge in [-0.2, -0.15) is 0 Å². The van der Waals surface area contributed by atoms with Gasteiger partial charge in [0.05, 0.1) is 26.4 Å². The predicted molar refractivity (Wildman–Crippen MR) is 399 cm³/mol. The van der Waals surface area contributed by atoms with E-state index in [1.807, 2.05) is 0 Å². The molecule has 0 amide bonds. The molecule has 0 fully saturated rings. The Kier molecular flexibility index (Phi) is 68.3. The van der Waals surface area contributed by atoms with Gasteiger partial charge in [-0.05, 0) is 128 Å². The molecule has 0 saturated heterocycles. The first kappa shape index (κ1) is 92.7. The summed E-state index contributed by atoms with van der Waals surface area (Å²) in [6.45, 7) is 2.38. The number of hydrogen-bond donors (Lipinski definition) is 4. The van der Waals surface area contributed by atoms with Crippen LogP contribution in [-0.4, -0.2) is 95.9 Å². The van der Waals surface area contributed by atoms with E-state index in [9.17, 15) is 43.5 Å². The van der Waals surface area contributed by atoms with E-state index in [1.165, 1.54) is 57.8 Å². The SMILES string of the molecule is CC/C=C\C/C=C\C/C=C\C/C=C\C/C=C\CCCCCCCCCCCCCC(=O)OCC(O)COP(=O)(O)OCC(O)COP(=O)(O)OCC(COC(=O)CCCCCCCCC/C=C\C/C=C\C/C=C\C/C=C\C/C=C\CC)OC(=O)CCCCCCC/C=C\CCCC. The number of rotatable bonds is 70. The van der Waals surface area contributed by atoms with Crippen LogP contribution in [0.3, 0.4) is 0 Å². The molecule has 0 aromatic carbocycles. The van der Waals surface area contributed by atoms with Crippen LogP contribution in [0.15, 0.2) is 134 Å². The summed E-state index contributed by atoms with van der Waals surface area (Å²) in [6.07, 6.45) is 85.1. The van der Waals surface area contributed by atoms with Crippen LogP contribution >= 0.6 is 15.6 Å². The lowest BCUT2D eigenvalue weighted by molar-refractivity contribution is -0.161. The molecule has 97 heavy (non-hydrogen) atoms. The van der Waals surface area contributed by atoms with Crippen molar-refractivity contribution in [2.75, 3.05) is 39.6 Å². The van der Waals surface area contributed by atoms with Gasteiger partial charge in [0.25, 0.3) is 0 Å². The number of aliphatic hydroxyl groups excluding tert-OH is 2. The summed E-state index contributed by atoms with van der Waals surface area (Å²) in [6, 6.07) is 0. The van der Waals surface area contributed by atoms with Gasteiger partial charge in [0, 0.05) is 19.3 Å². The highest BCUT2D eigenvalue weighted by molar-refractivity contribution is 7.47. The van der Waals surface area contributed by atoms with E-state index in [-0.39, 0.29) is 19.3 Å². The van der Waals surface area contributed by atoms with Crippen molar-refractivity contribution in [1.82, 2.24) is 0 Å². The van der Waals surface area contributed by atoms with Gasteiger partial charge in [0.2, 0.25) is 0 Å². The molecule has 16 nitrogen and oxygen atoms in total. The lowest BCUT2D eigenvalue weighted by Crippen LogP contribution is -2.30. The van der Waals surface area contributed by atoms with Crippen LogP contribution in [0.2, 0.25) is 0 Å². The molecule has 0 heterocycles. The average molecular weight is 1400 g/mol. The van der Waals surface area contributed by atoms with Gasteiger partial charge in [-0.25, -0.2) is 9.13 Å². The zero-order valence-electron chi connectivity index (χ0n) is 60.5. The Labute approximate surface area is 588 Å². The third kappa shape index (κ3) is 72.8. The number of phosphoric ester groups is 2. The fraction of sp³-hybridized carbons (Fsp3) is 0.684. The van der Waals surface area contributed by atoms with Crippen LogP contribution in [0.1, 0.15) is 290 Å². The van der Waals surface area contributed by atoms with Crippen molar-refractivity contribution in [2.45, 2.75) is 309 Å². The molecule has 5 unspecified atom stereocenters. The Morgan fingerprint density at radius 2 is 0.546 bits per heavy atom. The lowest BCUT2D eigenvalue weighted by Gasteiger charge is -2.21. The topological polar surface area (TPSA) is 231 Å². The zero-order valence-corrected chi connectivity index (χ0v) is 62.2. The summed E-state index contributed by atoms with van der Waals surface area (Å²) in [5.74, 6) is -1.60. The Morgan fingerprint density at radius 3 is 0.876 bits per heavy atom. The second-order valence-electron chi connectivity index (χ2n) is 24.7. The Bertz CT molecular complexity index is 2300. The first-order chi connectivity index (χ1) is 47.2. The number of ether oxygens (including phenoxy) is 3. The molecule has 0 radical (unpaired) electrons. The van der Waals surface area contributed by atoms with Gasteiger partial charge in [0.1, 0.15) is 25.4 Å². The first-order valence-corrected chi connectivity index (χ1v) is 40.5. The number of esters is 3. The van der Waals surface area contributed by atoms with Crippen LogP contribution in [-0.2, 0) is 55.8 Å². The maximum Gasteiger partial charge on any atom is 0.472 e. The summed E-state index contributed by atoms with van der Waals surface area (Å²) < 4.78 is 61.0. The summed E-state index contributed by atoms with van der Waals surface area (Å²) in [4.78, 5) is 58.5. The number of hydrogen-bond acceptors (Lipinski definition) is 14. The van der Waals surface area contributed by atoms with Crippen molar-refractivity contribution < 1.29 is 75.8 Å². The molecule has 18 heteroatoms. The van der Waals surface area contributed by atoms with Gasteiger partial charge < -0.3 is 34.2 Å². The lowest BCUT2D eigenvalue weighted by atomic mass is 10.0. The van der Waals surface area contributed by atoms with E-state index in [0.717, 1.165) is 173 Å².